The number of aryl methyl sites for hydroxylation is 1. The van der Waals surface area contributed by atoms with Gasteiger partial charge in [0.1, 0.15) is 6.54 Å². The van der Waals surface area contributed by atoms with Crippen molar-refractivity contribution in [1.29, 1.82) is 0 Å². The van der Waals surface area contributed by atoms with Crippen LogP contribution < -0.4 is 4.05 Å². The first-order valence-corrected chi connectivity index (χ1v) is 9.36. The normalized spacial score (nSPS) is 15.0. The van der Waals surface area contributed by atoms with Gasteiger partial charge >= 0.3 is 0 Å². The van der Waals surface area contributed by atoms with E-state index in [2.05, 4.69) is 56.4 Å². The summed E-state index contributed by atoms with van der Waals surface area (Å²) in [6, 6.07) is 14.3. The number of rotatable bonds is 7. The lowest BCUT2D eigenvalue weighted by atomic mass is 9.86. The number of hydroxylamine groups is 1. The van der Waals surface area contributed by atoms with E-state index in [0.717, 1.165) is 17.8 Å². The van der Waals surface area contributed by atoms with Crippen LogP contribution in [0.3, 0.4) is 0 Å². The summed E-state index contributed by atoms with van der Waals surface area (Å²) in [5, 5.41) is 10.2. The van der Waals surface area contributed by atoms with Crippen molar-refractivity contribution in [1.82, 2.24) is 4.05 Å². The van der Waals surface area contributed by atoms with Crippen molar-refractivity contribution < 1.29 is 5.21 Å². The molecule has 0 aliphatic carbocycles. The molecule has 0 aliphatic heterocycles. The van der Waals surface area contributed by atoms with Crippen molar-refractivity contribution in [2.75, 3.05) is 6.54 Å². The molecule has 0 amide bonds. The SMILES string of the molecule is C=C(N=CC)C(Cc1ccc([N+](O)(S)CC)cc1)c1cccc(C)c1C. The third-order valence-electron chi connectivity index (χ3n) is 4.95. The molecule has 0 bridgehead atoms. The maximum Gasteiger partial charge on any atom is 0.176 e. The van der Waals surface area contributed by atoms with Crippen LogP contribution in [0.25, 0.3) is 0 Å². The zero-order chi connectivity index (χ0) is 19.3. The molecule has 0 aliphatic rings. The monoisotopic (exact) mass is 369 g/mol. The van der Waals surface area contributed by atoms with E-state index in [1.165, 1.54) is 22.3 Å². The highest BCUT2D eigenvalue weighted by Gasteiger charge is 2.23. The molecule has 0 heterocycles. The van der Waals surface area contributed by atoms with Crippen molar-refractivity contribution in [3.05, 3.63) is 77.0 Å². The average molecular weight is 370 g/mol. The number of hydrogen-bond donors (Lipinski definition) is 2. The Balaban J connectivity index is 2.36. The van der Waals surface area contributed by atoms with Crippen LogP contribution in [0, 0.1) is 13.8 Å². The van der Waals surface area contributed by atoms with Crippen LogP contribution in [0.15, 0.2) is 59.7 Å². The van der Waals surface area contributed by atoms with Crippen molar-refractivity contribution in [2.45, 2.75) is 40.0 Å². The number of allylic oxidation sites excluding steroid dienone is 1. The van der Waals surface area contributed by atoms with E-state index < -0.39 is 4.05 Å². The number of hydrogen-bond acceptors (Lipinski definition) is 3. The largest absolute Gasteiger partial charge is 0.266 e. The quantitative estimate of drug-likeness (QED) is 0.275. The molecule has 2 rings (SSSR count). The van der Waals surface area contributed by atoms with Crippen LogP contribution >= 0.6 is 12.8 Å². The minimum Gasteiger partial charge on any atom is -0.266 e. The van der Waals surface area contributed by atoms with Crippen LogP contribution in [0.1, 0.15) is 42.0 Å². The summed E-state index contributed by atoms with van der Waals surface area (Å²) in [5.74, 6) is 0.118. The Morgan fingerprint density at radius 3 is 2.46 bits per heavy atom. The predicted octanol–water partition coefficient (Wildman–Crippen LogP) is 5.80. The van der Waals surface area contributed by atoms with E-state index in [0.29, 0.717) is 6.54 Å². The maximum atomic E-state index is 10.2. The lowest BCUT2D eigenvalue weighted by Gasteiger charge is -2.22. The fourth-order valence-corrected chi connectivity index (χ4v) is 3.24. The Labute approximate surface area is 162 Å². The minimum atomic E-state index is -0.409. The molecule has 0 aromatic heterocycles. The van der Waals surface area contributed by atoms with Crippen molar-refractivity contribution in [3.63, 3.8) is 0 Å². The molecule has 0 fully saturated rings. The summed E-state index contributed by atoms with van der Waals surface area (Å²) >= 11 is 4.28. The van der Waals surface area contributed by atoms with Gasteiger partial charge in [-0.3, -0.25) is 4.99 Å². The number of thiol groups is 1. The molecule has 4 heteroatoms. The van der Waals surface area contributed by atoms with E-state index in [9.17, 15) is 5.21 Å². The third kappa shape index (κ3) is 4.64. The van der Waals surface area contributed by atoms with Gasteiger partial charge in [0.25, 0.3) is 0 Å². The van der Waals surface area contributed by atoms with Gasteiger partial charge in [-0.2, -0.15) is 5.21 Å². The number of aliphatic imine (C=N–C) groups is 1. The summed E-state index contributed by atoms with van der Waals surface area (Å²) in [6.45, 7) is 12.8. The van der Waals surface area contributed by atoms with E-state index in [-0.39, 0.29) is 5.92 Å². The van der Waals surface area contributed by atoms with E-state index >= 15 is 0 Å². The molecule has 0 saturated carbocycles. The molecular formula is C22H29N2OS+. The molecule has 2 atom stereocenters. The third-order valence-corrected chi connectivity index (χ3v) is 5.46. The molecule has 138 valence electrons. The molecule has 2 aromatic rings. The van der Waals surface area contributed by atoms with Gasteiger partial charge in [0.2, 0.25) is 0 Å². The van der Waals surface area contributed by atoms with E-state index in [4.69, 9.17) is 0 Å². The second-order valence-corrected chi connectivity index (χ2v) is 7.30. The van der Waals surface area contributed by atoms with E-state index in [1.54, 1.807) is 6.21 Å². The number of nitrogens with zero attached hydrogens (tertiary/aromatic N) is 2. The van der Waals surface area contributed by atoms with Gasteiger partial charge in [0.05, 0.1) is 12.8 Å². The Morgan fingerprint density at radius 2 is 1.88 bits per heavy atom. The zero-order valence-electron chi connectivity index (χ0n) is 16.1. The predicted molar refractivity (Wildman–Crippen MR) is 115 cm³/mol. The van der Waals surface area contributed by atoms with E-state index in [1.807, 2.05) is 38.1 Å². The van der Waals surface area contributed by atoms with Crippen molar-refractivity contribution in [3.8, 4) is 0 Å². The van der Waals surface area contributed by atoms with Gasteiger partial charge in [-0.15, -0.1) is 0 Å². The van der Waals surface area contributed by atoms with Crippen LogP contribution in [-0.4, -0.2) is 18.0 Å². The molecule has 0 spiro atoms. The van der Waals surface area contributed by atoms with Gasteiger partial charge in [-0.1, -0.05) is 41.0 Å². The van der Waals surface area contributed by atoms with Crippen LogP contribution in [-0.2, 0) is 6.42 Å². The van der Waals surface area contributed by atoms with Gasteiger partial charge < -0.3 is 0 Å². The first kappa shape index (κ1) is 20.4. The average Bonchev–Trinajstić information content (AvgIpc) is 2.63. The fraction of sp³-hybridized carbons (Fsp3) is 0.318. The first-order valence-electron chi connectivity index (χ1n) is 8.96. The van der Waals surface area contributed by atoms with Crippen LogP contribution in [0.2, 0.25) is 0 Å². The molecule has 1 N–H and O–H groups in total. The van der Waals surface area contributed by atoms with Gasteiger partial charge in [0, 0.05) is 30.0 Å². The number of quaternary nitrogens is 1. The van der Waals surface area contributed by atoms with Crippen LogP contribution in [0.4, 0.5) is 5.69 Å². The van der Waals surface area contributed by atoms with Gasteiger partial charge in [0.15, 0.2) is 5.69 Å². The van der Waals surface area contributed by atoms with Crippen molar-refractivity contribution >= 4 is 24.7 Å². The molecule has 2 aromatic carbocycles. The summed E-state index contributed by atoms with van der Waals surface area (Å²) in [5.41, 5.74) is 6.62. The Hall–Kier alpha value is -1.88. The summed E-state index contributed by atoms with van der Waals surface area (Å²) in [7, 11) is 0. The van der Waals surface area contributed by atoms with Gasteiger partial charge in [-0.05, 0) is 56.4 Å². The minimum absolute atomic E-state index is 0.118. The molecular weight excluding hydrogens is 340 g/mol. The van der Waals surface area contributed by atoms with Crippen molar-refractivity contribution in [2.24, 2.45) is 4.99 Å². The topological polar surface area (TPSA) is 32.6 Å². The first-order chi connectivity index (χ1) is 12.3. The summed E-state index contributed by atoms with van der Waals surface area (Å²) in [4.78, 5) is 4.46. The van der Waals surface area contributed by atoms with Crippen LogP contribution in [0.5, 0.6) is 0 Å². The zero-order valence-corrected chi connectivity index (χ0v) is 17.0. The fourth-order valence-electron chi connectivity index (χ4n) is 3.10. The van der Waals surface area contributed by atoms with Gasteiger partial charge in [-0.25, -0.2) is 0 Å². The maximum absolute atomic E-state index is 10.2. The number of benzene rings is 2. The highest BCUT2D eigenvalue weighted by atomic mass is 32.1. The smallest absolute Gasteiger partial charge is 0.176 e. The lowest BCUT2D eigenvalue weighted by molar-refractivity contribution is 0.0319. The summed E-state index contributed by atoms with van der Waals surface area (Å²) < 4.78 is -0.409. The molecule has 2 unspecified atom stereocenters. The molecule has 26 heavy (non-hydrogen) atoms. The molecule has 3 nitrogen and oxygen atoms in total. The highest BCUT2D eigenvalue weighted by Crippen LogP contribution is 2.32. The molecule has 0 saturated heterocycles. The standard InChI is InChI=1S/C22H29N2OS/c1-6-23-18(5)22(21-10-8-9-16(3)17(21)4)15-19-11-13-20(14-12-19)24(25,26)7-2/h6,8-14,22,25-26H,5,7,15H2,1-4H3/q+1. The second-order valence-electron chi connectivity index (χ2n) is 6.64. The lowest BCUT2D eigenvalue weighted by Crippen LogP contribution is -2.34. The Kier molecular flexibility index (Phi) is 6.81. The Bertz CT molecular complexity index is 794. The highest BCUT2D eigenvalue weighted by molar-refractivity contribution is 7.79. The second kappa shape index (κ2) is 8.67. The Morgan fingerprint density at radius 1 is 1.23 bits per heavy atom. The summed E-state index contributed by atoms with van der Waals surface area (Å²) in [6.07, 6.45) is 2.61. The molecule has 0 radical (unpaired) electrons.